The first-order valence-corrected chi connectivity index (χ1v) is 10.5. The van der Waals surface area contributed by atoms with Crippen LogP contribution in [-0.2, 0) is 10.0 Å². The van der Waals surface area contributed by atoms with E-state index < -0.39 is 10.0 Å². The molecule has 0 aliphatic carbocycles. The number of nitrogens with one attached hydrogen (secondary N) is 2. The monoisotopic (exact) mass is 414 g/mol. The number of thioether (sulfide) groups is 1. The lowest BCUT2D eigenvalue weighted by Crippen LogP contribution is -2.26. The third kappa shape index (κ3) is 5.38. The summed E-state index contributed by atoms with van der Waals surface area (Å²) in [4.78, 5) is 13.2. The van der Waals surface area contributed by atoms with E-state index in [2.05, 4.69) is 10.0 Å². The highest BCUT2D eigenvalue weighted by atomic mass is 35.5. The highest BCUT2D eigenvalue weighted by molar-refractivity contribution is 7.99. The Labute approximate surface area is 162 Å². The Balaban J connectivity index is 1.98. The van der Waals surface area contributed by atoms with Crippen molar-refractivity contribution in [2.45, 2.75) is 9.79 Å². The number of halogens is 1. The molecule has 0 spiro atoms. The molecule has 0 saturated carbocycles. The summed E-state index contributed by atoms with van der Waals surface area (Å²) in [6, 6.07) is 11.7. The van der Waals surface area contributed by atoms with Gasteiger partial charge in [0.1, 0.15) is 10.6 Å². The van der Waals surface area contributed by atoms with Crippen LogP contribution >= 0.6 is 23.4 Å². The minimum Gasteiger partial charge on any atom is -0.495 e. The minimum absolute atomic E-state index is 0.0781. The van der Waals surface area contributed by atoms with Gasteiger partial charge in [0.2, 0.25) is 10.0 Å². The molecule has 1 amide bonds. The van der Waals surface area contributed by atoms with Crippen molar-refractivity contribution in [2.75, 3.05) is 26.5 Å². The summed E-state index contributed by atoms with van der Waals surface area (Å²) in [5.41, 5.74) is 0.246. The minimum atomic E-state index is -3.73. The lowest BCUT2D eigenvalue weighted by molar-refractivity contribution is 0.0956. The second kappa shape index (κ2) is 9.27. The summed E-state index contributed by atoms with van der Waals surface area (Å²) < 4.78 is 31.4. The maximum absolute atomic E-state index is 12.3. The van der Waals surface area contributed by atoms with E-state index >= 15 is 0 Å². The van der Waals surface area contributed by atoms with Crippen molar-refractivity contribution < 1.29 is 17.9 Å². The fourth-order valence-corrected chi connectivity index (χ4v) is 3.92. The number of amides is 1. The summed E-state index contributed by atoms with van der Waals surface area (Å²) >= 11 is 7.42. The molecule has 26 heavy (non-hydrogen) atoms. The van der Waals surface area contributed by atoms with Crippen LogP contribution in [0.5, 0.6) is 5.75 Å². The number of carbonyl (C=O) groups excluding carboxylic acids is 1. The van der Waals surface area contributed by atoms with Gasteiger partial charge in [-0.3, -0.25) is 4.79 Å². The zero-order valence-corrected chi connectivity index (χ0v) is 16.7. The molecule has 0 saturated heterocycles. The lowest BCUT2D eigenvalue weighted by atomic mass is 10.2. The molecule has 6 nitrogen and oxygen atoms in total. The molecule has 0 unspecified atom stereocenters. The normalized spacial score (nSPS) is 11.2. The molecule has 0 aromatic heterocycles. The Morgan fingerprint density at radius 3 is 2.50 bits per heavy atom. The zero-order valence-electron chi connectivity index (χ0n) is 14.3. The number of ether oxygens (including phenoxy) is 1. The van der Waals surface area contributed by atoms with Gasteiger partial charge >= 0.3 is 0 Å². The second-order valence-corrected chi connectivity index (χ2v) is 8.59. The van der Waals surface area contributed by atoms with Crippen molar-refractivity contribution in [3.8, 4) is 5.75 Å². The number of hydrogen-bond donors (Lipinski definition) is 2. The van der Waals surface area contributed by atoms with Crippen molar-refractivity contribution in [3.05, 3.63) is 53.1 Å². The van der Waals surface area contributed by atoms with Crippen LogP contribution in [0.3, 0.4) is 0 Å². The van der Waals surface area contributed by atoms with Gasteiger partial charge in [-0.1, -0.05) is 11.6 Å². The molecule has 9 heteroatoms. The summed E-state index contributed by atoms with van der Waals surface area (Å²) in [6.07, 6.45) is 0. The second-order valence-electron chi connectivity index (χ2n) is 5.13. The molecule has 2 aromatic rings. The molecule has 2 N–H and O–H groups in total. The molecular weight excluding hydrogens is 396 g/mol. The Bertz CT molecular complexity index is 871. The molecule has 0 atom stereocenters. The topological polar surface area (TPSA) is 84.5 Å². The van der Waals surface area contributed by atoms with Crippen molar-refractivity contribution in [3.63, 3.8) is 0 Å². The molecule has 0 aliphatic rings. The third-order valence-corrected chi connectivity index (χ3v) is 6.16. The van der Waals surface area contributed by atoms with Gasteiger partial charge in [0, 0.05) is 27.8 Å². The molecule has 0 bridgehead atoms. The van der Waals surface area contributed by atoms with E-state index in [4.69, 9.17) is 16.3 Å². The Hall–Kier alpha value is -1.74. The molecular formula is C17H19ClN2O4S2. The smallest absolute Gasteiger partial charge is 0.251 e. The Kier molecular flexibility index (Phi) is 7.33. The summed E-state index contributed by atoms with van der Waals surface area (Å²) in [5, 5.41) is 3.45. The van der Waals surface area contributed by atoms with Crippen LogP contribution in [0.25, 0.3) is 0 Å². The predicted molar refractivity (Wildman–Crippen MR) is 104 cm³/mol. The largest absolute Gasteiger partial charge is 0.495 e. The molecule has 0 radical (unpaired) electrons. The third-order valence-electron chi connectivity index (χ3n) is 3.45. The van der Waals surface area contributed by atoms with E-state index in [0.29, 0.717) is 17.3 Å². The first-order chi connectivity index (χ1) is 12.4. The first-order valence-electron chi connectivity index (χ1n) is 7.65. The van der Waals surface area contributed by atoms with Crippen molar-refractivity contribution in [1.29, 1.82) is 0 Å². The maximum atomic E-state index is 12.3. The molecule has 0 heterocycles. The standard InChI is InChI=1S/C17H19ClN2O4S2/c1-19-26(22,23)16-11-12(3-8-15(16)24-2)17(21)20-9-10-25-14-6-4-13(18)5-7-14/h3-8,11,19H,9-10H2,1-2H3,(H,20,21). The molecule has 2 aromatic carbocycles. The fourth-order valence-electron chi connectivity index (χ4n) is 2.10. The molecule has 2 rings (SSSR count). The number of methoxy groups -OCH3 is 1. The van der Waals surface area contributed by atoms with Crippen LogP contribution in [0.1, 0.15) is 10.4 Å². The van der Waals surface area contributed by atoms with Gasteiger partial charge in [-0.2, -0.15) is 0 Å². The van der Waals surface area contributed by atoms with Gasteiger partial charge in [-0.05, 0) is 49.5 Å². The fraction of sp³-hybridized carbons (Fsp3) is 0.235. The number of sulfonamides is 1. The van der Waals surface area contributed by atoms with E-state index in [1.165, 1.54) is 32.4 Å². The van der Waals surface area contributed by atoms with E-state index in [0.717, 1.165) is 4.90 Å². The number of hydrogen-bond acceptors (Lipinski definition) is 5. The van der Waals surface area contributed by atoms with Crippen LogP contribution < -0.4 is 14.8 Å². The van der Waals surface area contributed by atoms with Crippen molar-refractivity contribution >= 4 is 39.3 Å². The first kappa shape index (κ1) is 20.6. The maximum Gasteiger partial charge on any atom is 0.251 e. The van der Waals surface area contributed by atoms with Crippen LogP contribution in [0.4, 0.5) is 0 Å². The lowest BCUT2D eigenvalue weighted by Gasteiger charge is -2.11. The van der Waals surface area contributed by atoms with Gasteiger partial charge in [0.05, 0.1) is 7.11 Å². The van der Waals surface area contributed by atoms with E-state index in [-0.39, 0.29) is 22.1 Å². The predicted octanol–water partition coefficient (Wildman–Crippen LogP) is 2.78. The zero-order chi connectivity index (χ0) is 19.2. The van der Waals surface area contributed by atoms with E-state index in [1.54, 1.807) is 11.8 Å². The van der Waals surface area contributed by atoms with Crippen LogP contribution in [0, 0.1) is 0 Å². The summed E-state index contributed by atoms with van der Waals surface area (Å²) in [7, 11) is -1.06. The van der Waals surface area contributed by atoms with E-state index in [1.807, 2.05) is 24.3 Å². The SMILES string of the molecule is CNS(=O)(=O)c1cc(C(=O)NCCSc2ccc(Cl)cc2)ccc1OC. The highest BCUT2D eigenvalue weighted by Gasteiger charge is 2.20. The van der Waals surface area contributed by atoms with Gasteiger partial charge < -0.3 is 10.1 Å². The number of carbonyl (C=O) groups is 1. The molecule has 0 aliphatic heterocycles. The number of rotatable bonds is 8. The molecule has 140 valence electrons. The summed E-state index contributed by atoms with van der Waals surface area (Å²) in [6.45, 7) is 0.437. The van der Waals surface area contributed by atoms with Crippen LogP contribution in [0.15, 0.2) is 52.3 Å². The van der Waals surface area contributed by atoms with Gasteiger partial charge in [0.25, 0.3) is 5.91 Å². The van der Waals surface area contributed by atoms with Gasteiger partial charge in [0.15, 0.2) is 0 Å². The van der Waals surface area contributed by atoms with Crippen molar-refractivity contribution in [2.24, 2.45) is 0 Å². The Morgan fingerprint density at radius 2 is 1.88 bits per heavy atom. The van der Waals surface area contributed by atoms with Crippen LogP contribution in [-0.4, -0.2) is 40.8 Å². The van der Waals surface area contributed by atoms with Gasteiger partial charge in [-0.25, -0.2) is 13.1 Å². The number of benzene rings is 2. The van der Waals surface area contributed by atoms with E-state index in [9.17, 15) is 13.2 Å². The van der Waals surface area contributed by atoms with Crippen LogP contribution in [0.2, 0.25) is 5.02 Å². The van der Waals surface area contributed by atoms with Gasteiger partial charge in [-0.15, -0.1) is 11.8 Å². The Morgan fingerprint density at radius 1 is 1.19 bits per heavy atom. The van der Waals surface area contributed by atoms with Crippen molar-refractivity contribution in [1.82, 2.24) is 10.0 Å². The summed E-state index contributed by atoms with van der Waals surface area (Å²) in [5.74, 6) is 0.497. The average Bonchev–Trinajstić information content (AvgIpc) is 2.65. The highest BCUT2D eigenvalue weighted by Crippen LogP contribution is 2.24. The quantitative estimate of drug-likeness (QED) is 0.512. The average molecular weight is 415 g/mol. The molecule has 0 fully saturated rings.